The number of carbonyl (C=O) groups excluding carboxylic acids is 1. The number of nitrogens with one attached hydrogen (secondary N) is 1. The molecule has 1 unspecified atom stereocenters. The molecule has 0 bridgehead atoms. The molecule has 1 aromatic carbocycles. The molecule has 0 aliphatic carbocycles. The van der Waals surface area contributed by atoms with Crippen LogP contribution in [-0.4, -0.2) is 37.2 Å². The lowest BCUT2D eigenvalue weighted by atomic mass is 10.2. The minimum atomic E-state index is -3.93. The minimum absolute atomic E-state index is 0.172. The summed E-state index contributed by atoms with van der Waals surface area (Å²) in [7, 11) is -3.93. The van der Waals surface area contributed by atoms with Crippen LogP contribution in [-0.2, 0) is 14.6 Å². The van der Waals surface area contributed by atoms with Crippen molar-refractivity contribution in [1.29, 1.82) is 0 Å². The molecule has 0 heterocycles. The van der Waals surface area contributed by atoms with Crippen LogP contribution < -0.4 is 5.32 Å². The standard InChI is InChI=1S/C12H14BrNO5S/c1-3-14-11(15)7(2)20(18,19)8-4-5-10(13)9(6-8)12(16)17/h4-7H,3H2,1-2H3,(H,14,15)(H,16,17). The first kappa shape index (κ1) is 16.6. The highest BCUT2D eigenvalue weighted by atomic mass is 79.9. The molecule has 0 spiro atoms. The van der Waals surface area contributed by atoms with Crippen molar-refractivity contribution in [2.24, 2.45) is 0 Å². The molecule has 0 aliphatic rings. The molecule has 0 fully saturated rings. The van der Waals surface area contributed by atoms with Gasteiger partial charge in [-0.2, -0.15) is 0 Å². The lowest BCUT2D eigenvalue weighted by Crippen LogP contribution is -2.37. The van der Waals surface area contributed by atoms with Gasteiger partial charge in [-0.3, -0.25) is 4.79 Å². The third-order valence-electron chi connectivity index (χ3n) is 2.68. The highest BCUT2D eigenvalue weighted by Gasteiger charge is 2.30. The van der Waals surface area contributed by atoms with E-state index in [0.29, 0.717) is 6.54 Å². The first-order valence-electron chi connectivity index (χ1n) is 5.76. The maximum absolute atomic E-state index is 12.3. The summed E-state index contributed by atoms with van der Waals surface area (Å²) < 4.78 is 24.8. The smallest absolute Gasteiger partial charge is 0.336 e. The van der Waals surface area contributed by atoms with Gasteiger partial charge in [-0.25, -0.2) is 13.2 Å². The van der Waals surface area contributed by atoms with Gasteiger partial charge in [0.05, 0.1) is 10.5 Å². The maximum Gasteiger partial charge on any atom is 0.336 e. The third kappa shape index (κ3) is 3.37. The number of rotatable bonds is 5. The van der Waals surface area contributed by atoms with E-state index in [-0.39, 0.29) is 14.9 Å². The first-order chi connectivity index (χ1) is 9.21. The molecule has 8 heteroatoms. The lowest BCUT2D eigenvalue weighted by Gasteiger charge is -2.13. The Morgan fingerprint density at radius 2 is 2.00 bits per heavy atom. The summed E-state index contributed by atoms with van der Waals surface area (Å²) in [6.45, 7) is 3.27. The number of hydrogen-bond acceptors (Lipinski definition) is 4. The number of hydrogen-bond donors (Lipinski definition) is 2. The van der Waals surface area contributed by atoms with E-state index in [0.717, 1.165) is 6.07 Å². The van der Waals surface area contributed by atoms with Crippen LogP contribution in [0.4, 0.5) is 0 Å². The van der Waals surface area contributed by atoms with E-state index < -0.39 is 27.0 Å². The van der Waals surface area contributed by atoms with Crippen LogP contribution >= 0.6 is 15.9 Å². The van der Waals surface area contributed by atoms with E-state index in [9.17, 15) is 18.0 Å². The molecule has 0 radical (unpaired) electrons. The van der Waals surface area contributed by atoms with Crippen LogP contribution in [0.1, 0.15) is 24.2 Å². The summed E-state index contributed by atoms with van der Waals surface area (Å²) in [5, 5.41) is 10.1. The minimum Gasteiger partial charge on any atom is -0.478 e. The Morgan fingerprint density at radius 3 is 2.50 bits per heavy atom. The van der Waals surface area contributed by atoms with Gasteiger partial charge in [-0.05, 0) is 48.0 Å². The average molecular weight is 364 g/mol. The molecule has 0 saturated carbocycles. The van der Waals surface area contributed by atoms with Crippen LogP contribution in [0.3, 0.4) is 0 Å². The molecule has 20 heavy (non-hydrogen) atoms. The van der Waals surface area contributed by atoms with Gasteiger partial charge in [0.1, 0.15) is 5.25 Å². The number of carboxylic acids is 1. The van der Waals surface area contributed by atoms with Gasteiger partial charge in [0.2, 0.25) is 5.91 Å². The Kier molecular flexibility index (Phi) is 5.29. The largest absolute Gasteiger partial charge is 0.478 e. The van der Waals surface area contributed by atoms with E-state index in [1.165, 1.54) is 19.1 Å². The Balaban J connectivity index is 3.26. The van der Waals surface area contributed by atoms with E-state index in [4.69, 9.17) is 5.11 Å². The number of carbonyl (C=O) groups is 2. The van der Waals surface area contributed by atoms with Gasteiger partial charge in [-0.15, -0.1) is 0 Å². The van der Waals surface area contributed by atoms with Gasteiger partial charge in [-0.1, -0.05) is 0 Å². The fourth-order valence-corrected chi connectivity index (χ4v) is 3.24. The highest BCUT2D eigenvalue weighted by molar-refractivity contribution is 9.10. The second-order valence-corrected chi connectivity index (χ2v) is 7.15. The van der Waals surface area contributed by atoms with Crippen molar-refractivity contribution in [3.05, 3.63) is 28.2 Å². The molecule has 110 valence electrons. The second kappa shape index (κ2) is 6.36. The second-order valence-electron chi connectivity index (χ2n) is 4.03. The predicted octanol–water partition coefficient (Wildman–Crippen LogP) is 1.45. The van der Waals surface area contributed by atoms with E-state index in [1.54, 1.807) is 6.92 Å². The average Bonchev–Trinajstić information content (AvgIpc) is 2.37. The summed E-state index contributed by atoms with van der Waals surface area (Å²) in [6, 6.07) is 3.64. The van der Waals surface area contributed by atoms with Crippen molar-refractivity contribution in [3.8, 4) is 0 Å². The summed E-state index contributed by atoms with van der Waals surface area (Å²) in [4.78, 5) is 22.4. The monoisotopic (exact) mass is 363 g/mol. The van der Waals surface area contributed by atoms with Gasteiger partial charge in [0.25, 0.3) is 0 Å². The summed E-state index contributed by atoms with van der Waals surface area (Å²) >= 11 is 3.03. The van der Waals surface area contributed by atoms with E-state index in [2.05, 4.69) is 21.2 Å². The molecule has 1 atom stereocenters. The molecule has 6 nitrogen and oxygen atoms in total. The summed E-state index contributed by atoms with van der Waals surface area (Å²) in [5.41, 5.74) is -0.172. The Labute approximate surface area is 125 Å². The Hall–Kier alpha value is -1.41. The summed E-state index contributed by atoms with van der Waals surface area (Å²) in [5.74, 6) is -1.87. The number of aromatic carboxylic acids is 1. The predicted molar refractivity (Wildman–Crippen MR) is 76.4 cm³/mol. The number of amides is 1. The molecule has 1 amide bonds. The quantitative estimate of drug-likeness (QED) is 0.824. The lowest BCUT2D eigenvalue weighted by molar-refractivity contribution is -0.120. The molecular weight excluding hydrogens is 350 g/mol. The zero-order chi connectivity index (χ0) is 15.5. The number of benzene rings is 1. The van der Waals surface area contributed by atoms with Crippen LogP contribution in [0.25, 0.3) is 0 Å². The maximum atomic E-state index is 12.3. The van der Waals surface area contributed by atoms with Crippen molar-refractivity contribution in [2.75, 3.05) is 6.54 Å². The molecule has 1 aromatic rings. The van der Waals surface area contributed by atoms with Gasteiger partial charge >= 0.3 is 5.97 Å². The third-order valence-corrected chi connectivity index (χ3v) is 5.43. The first-order valence-corrected chi connectivity index (χ1v) is 8.10. The van der Waals surface area contributed by atoms with Crippen molar-refractivity contribution in [1.82, 2.24) is 5.32 Å². The van der Waals surface area contributed by atoms with E-state index >= 15 is 0 Å². The fourth-order valence-electron chi connectivity index (χ4n) is 1.51. The van der Waals surface area contributed by atoms with Crippen molar-refractivity contribution < 1.29 is 23.1 Å². The van der Waals surface area contributed by atoms with Crippen molar-refractivity contribution in [2.45, 2.75) is 24.0 Å². The Bertz CT molecular complexity index is 641. The van der Waals surface area contributed by atoms with E-state index in [1.807, 2.05) is 0 Å². The molecule has 2 N–H and O–H groups in total. The van der Waals surface area contributed by atoms with Crippen LogP contribution in [0.15, 0.2) is 27.6 Å². The zero-order valence-electron chi connectivity index (χ0n) is 10.9. The topological polar surface area (TPSA) is 101 Å². The Morgan fingerprint density at radius 1 is 1.40 bits per heavy atom. The fraction of sp³-hybridized carbons (Fsp3) is 0.333. The number of carboxylic acid groups (broad SMARTS) is 1. The van der Waals surface area contributed by atoms with Crippen molar-refractivity contribution in [3.63, 3.8) is 0 Å². The van der Waals surface area contributed by atoms with Gasteiger partial charge < -0.3 is 10.4 Å². The zero-order valence-corrected chi connectivity index (χ0v) is 13.3. The number of halogens is 1. The van der Waals surface area contributed by atoms with Crippen LogP contribution in [0.2, 0.25) is 0 Å². The molecule has 0 aliphatic heterocycles. The number of sulfone groups is 1. The van der Waals surface area contributed by atoms with Gasteiger partial charge in [0, 0.05) is 11.0 Å². The van der Waals surface area contributed by atoms with Crippen LogP contribution in [0, 0.1) is 0 Å². The molecule has 0 saturated heterocycles. The molecular formula is C12H14BrNO5S. The molecule has 1 rings (SSSR count). The van der Waals surface area contributed by atoms with Crippen LogP contribution in [0.5, 0.6) is 0 Å². The van der Waals surface area contributed by atoms with Gasteiger partial charge in [0.15, 0.2) is 9.84 Å². The van der Waals surface area contributed by atoms with Crippen molar-refractivity contribution >= 4 is 37.6 Å². The SMILES string of the molecule is CCNC(=O)C(C)S(=O)(=O)c1ccc(Br)c(C(=O)O)c1. The summed E-state index contributed by atoms with van der Waals surface area (Å²) in [6.07, 6.45) is 0. The molecule has 0 aromatic heterocycles. The highest BCUT2D eigenvalue weighted by Crippen LogP contribution is 2.23. The normalized spacial score (nSPS) is 12.8.